The van der Waals surface area contributed by atoms with E-state index >= 15 is 0 Å². The fourth-order valence-corrected chi connectivity index (χ4v) is 1.42. The lowest BCUT2D eigenvalue weighted by molar-refractivity contribution is -0.169. The molecule has 0 fully saturated rings. The first-order chi connectivity index (χ1) is 10.2. The van der Waals surface area contributed by atoms with Gasteiger partial charge >= 0.3 is 6.18 Å². The number of hydrazone groups is 1. The highest BCUT2D eigenvalue weighted by molar-refractivity contribution is 6.03. The van der Waals surface area contributed by atoms with Crippen LogP contribution in [0.2, 0.25) is 0 Å². The summed E-state index contributed by atoms with van der Waals surface area (Å²) in [6, 6.07) is 7.01. The maximum absolute atomic E-state index is 12.0. The highest BCUT2D eigenvalue weighted by Crippen LogP contribution is 2.17. The average molecular weight is 316 g/mol. The van der Waals surface area contributed by atoms with Crippen LogP contribution < -0.4 is 10.2 Å². The molecule has 0 radical (unpaired) electrons. The number of carbonyl (C=O) groups is 2. The van der Waals surface area contributed by atoms with Crippen molar-refractivity contribution < 1.29 is 27.5 Å². The van der Waals surface area contributed by atoms with Crippen LogP contribution in [0.4, 0.5) is 13.2 Å². The molecule has 0 aliphatic carbocycles. The summed E-state index contributed by atoms with van der Waals surface area (Å²) in [5.41, 5.74) is 2.84. The average Bonchev–Trinajstić information content (AvgIpc) is 2.42. The lowest BCUT2D eigenvalue weighted by atomic mass is 10.2. The topological polar surface area (TPSA) is 67.8 Å². The van der Waals surface area contributed by atoms with Crippen molar-refractivity contribution in [3.05, 3.63) is 29.8 Å². The van der Waals surface area contributed by atoms with Crippen molar-refractivity contribution in [2.75, 3.05) is 6.61 Å². The molecule has 0 spiro atoms. The van der Waals surface area contributed by atoms with Gasteiger partial charge in [0, 0.05) is 5.71 Å². The first-order valence-electron chi connectivity index (χ1n) is 6.30. The quantitative estimate of drug-likeness (QED) is 0.647. The molecule has 8 heteroatoms. The molecule has 1 rings (SSSR count). The van der Waals surface area contributed by atoms with Crippen LogP contribution in [-0.2, 0) is 9.59 Å². The Hall–Kier alpha value is -2.38. The van der Waals surface area contributed by atoms with Crippen LogP contribution in [0.5, 0.6) is 5.75 Å². The van der Waals surface area contributed by atoms with Crippen LogP contribution in [0.1, 0.15) is 18.9 Å². The number of carbonyl (C=O) groups excluding carboxylic acids is 2. The van der Waals surface area contributed by atoms with Gasteiger partial charge in [-0.15, -0.1) is 0 Å². The van der Waals surface area contributed by atoms with E-state index in [-0.39, 0.29) is 12.3 Å². The number of Topliss-reactive ketones (excluding diaryl/α,β-unsaturated/α-hetero) is 1. The molecule has 1 N–H and O–H groups in total. The molecule has 0 atom stereocenters. The summed E-state index contributed by atoms with van der Waals surface area (Å²) in [6.07, 6.45) is -5.81. The number of nitrogens with zero attached hydrogens (tertiary/aromatic N) is 1. The summed E-state index contributed by atoms with van der Waals surface area (Å²) in [4.78, 5) is 22.2. The van der Waals surface area contributed by atoms with E-state index in [2.05, 4.69) is 5.10 Å². The van der Waals surface area contributed by atoms with Gasteiger partial charge in [-0.25, -0.2) is 5.43 Å². The van der Waals surface area contributed by atoms with Gasteiger partial charge in [0.25, 0.3) is 5.91 Å². The molecule has 0 unspecified atom stereocenters. The third-order valence-corrected chi connectivity index (χ3v) is 2.46. The van der Waals surface area contributed by atoms with E-state index in [4.69, 9.17) is 4.74 Å². The van der Waals surface area contributed by atoms with Crippen molar-refractivity contribution in [3.8, 4) is 5.75 Å². The summed E-state index contributed by atoms with van der Waals surface area (Å²) in [5.74, 6) is -2.07. The fraction of sp³-hybridized carbons (Fsp3) is 0.357. The summed E-state index contributed by atoms with van der Waals surface area (Å²) in [5, 5.41) is 3.42. The standard InChI is InChI=1S/C14H15F3N2O3/c1-9-4-3-5-11(6-9)22-8-13(21)19-18-10(2)7-12(20)14(15,16)17/h3-6H,7-8H2,1-2H3,(H,19,21)/b18-10+. The number of nitrogens with one attached hydrogen (secondary N) is 1. The SMILES string of the molecule is C/C(CC(=O)C(F)(F)F)=N\NC(=O)COc1cccc(C)c1. The lowest BCUT2D eigenvalue weighted by Crippen LogP contribution is -2.28. The molecule has 0 bridgehead atoms. The van der Waals surface area contributed by atoms with Crippen molar-refractivity contribution >= 4 is 17.4 Å². The molecule has 0 saturated heterocycles. The molecule has 1 aromatic carbocycles. The smallest absolute Gasteiger partial charge is 0.450 e. The van der Waals surface area contributed by atoms with Gasteiger partial charge in [0.1, 0.15) is 5.75 Å². The number of alkyl halides is 3. The first kappa shape index (κ1) is 17.7. The number of hydrogen-bond acceptors (Lipinski definition) is 4. The largest absolute Gasteiger partial charge is 0.484 e. The fourth-order valence-electron chi connectivity index (χ4n) is 1.42. The third kappa shape index (κ3) is 6.38. The van der Waals surface area contributed by atoms with Crippen molar-refractivity contribution in [1.29, 1.82) is 0 Å². The Kier molecular flexibility index (Phi) is 6.09. The number of ketones is 1. The molecule has 0 aromatic heterocycles. The zero-order valence-corrected chi connectivity index (χ0v) is 12.0. The number of hydrogen-bond donors (Lipinski definition) is 1. The molecular formula is C14H15F3N2O3. The molecule has 120 valence electrons. The van der Waals surface area contributed by atoms with E-state index in [1.54, 1.807) is 18.2 Å². The van der Waals surface area contributed by atoms with E-state index in [0.717, 1.165) is 5.56 Å². The Labute approximate surface area is 125 Å². The van der Waals surface area contributed by atoms with E-state index < -0.39 is 24.3 Å². The number of ether oxygens (including phenoxy) is 1. The van der Waals surface area contributed by atoms with Crippen LogP contribution in [0.15, 0.2) is 29.4 Å². The summed E-state index contributed by atoms with van der Waals surface area (Å²) < 4.78 is 41.3. The number of rotatable bonds is 6. The predicted octanol–water partition coefficient (Wildman–Crippen LogP) is 2.39. The highest BCUT2D eigenvalue weighted by Gasteiger charge is 2.37. The Balaban J connectivity index is 2.42. The van der Waals surface area contributed by atoms with Gasteiger partial charge in [0.2, 0.25) is 5.78 Å². The Morgan fingerprint density at radius 2 is 2.00 bits per heavy atom. The molecule has 0 aliphatic heterocycles. The zero-order chi connectivity index (χ0) is 16.8. The van der Waals surface area contributed by atoms with Gasteiger partial charge in [0.05, 0.1) is 6.42 Å². The minimum absolute atomic E-state index is 0.147. The number of benzene rings is 1. The minimum Gasteiger partial charge on any atom is -0.484 e. The molecule has 0 aliphatic rings. The summed E-state index contributed by atoms with van der Waals surface area (Å²) >= 11 is 0. The van der Waals surface area contributed by atoms with Crippen molar-refractivity contribution in [3.63, 3.8) is 0 Å². The van der Waals surface area contributed by atoms with Gasteiger partial charge < -0.3 is 4.74 Å². The van der Waals surface area contributed by atoms with E-state index in [0.29, 0.717) is 5.75 Å². The Morgan fingerprint density at radius 3 is 2.59 bits per heavy atom. The summed E-state index contributed by atoms with van der Waals surface area (Å²) in [7, 11) is 0. The van der Waals surface area contributed by atoms with Crippen LogP contribution in [0, 0.1) is 6.92 Å². The van der Waals surface area contributed by atoms with Gasteiger partial charge in [-0.3, -0.25) is 9.59 Å². The van der Waals surface area contributed by atoms with Gasteiger partial charge in [-0.2, -0.15) is 18.3 Å². The van der Waals surface area contributed by atoms with Crippen molar-refractivity contribution in [2.45, 2.75) is 26.4 Å². The third-order valence-electron chi connectivity index (χ3n) is 2.46. The zero-order valence-electron chi connectivity index (χ0n) is 12.0. The number of aryl methyl sites for hydroxylation is 1. The first-order valence-corrected chi connectivity index (χ1v) is 6.30. The normalized spacial score (nSPS) is 12.0. The molecule has 5 nitrogen and oxygen atoms in total. The monoisotopic (exact) mass is 316 g/mol. The second-order valence-corrected chi connectivity index (χ2v) is 4.58. The van der Waals surface area contributed by atoms with E-state index in [1.807, 2.05) is 18.4 Å². The summed E-state index contributed by atoms with van der Waals surface area (Å²) in [6.45, 7) is 2.73. The predicted molar refractivity (Wildman–Crippen MR) is 73.6 cm³/mol. The van der Waals surface area contributed by atoms with Crippen LogP contribution in [0.3, 0.4) is 0 Å². The second-order valence-electron chi connectivity index (χ2n) is 4.58. The number of halogens is 3. The molecule has 0 saturated carbocycles. The molecule has 22 heavy (non-hydrogen) atoms. The highest BCUT2D eigenvalue weighted by atomic mass is 19.4. The molecular weight excluding hydrogens is 301 g/mol. The number of amides is 1. The lowest BCUT2D eigenvalue weighted by Gasteiger charge is -2.07. The Morgan fingerprint density at radius 1 is 1.32 bits per heavy atom. The molecule has 1 aromatic rings. The van der Waals surface area contributed by atoms with Gasteiger partial charge in [-0.05, 0) is 31.5 Å². The van der Waals surface area contributed by atoms with E-state index in [1.165, 1.54) is 6.92 Å². The second kappa shape index (κ2) is 7.58. The molecule has 1 amide bonds. The Bertz CT molecular complexity index is 583. The van der Waals surface area contributed by atoms with E-state index in [9.17, 15) is 22.8 Å². The van der Waals surface area contributed by atoms with Crippen molar-refractivity contribution in [2.24, 2.45) is 5.10 Å². The van der Waals surface area contributed by atoms with Gasteiger partial charge in [0.15, 0.2) is 6.61 Å². The molecule has 0 heterocycles. The van der Waals surface area contributed by atoms with Crippen LogP contribution in [0.25, 0.3) is 0 Å². The van der Waals surface area contributed by atoms with Crippen LogP contribution >= 0.6 is 0 Å². The minimum atomic E-state index is -4.91. The van der Waals surface area contributed by atoms with Crippen LogP contribution in [-0.4, -0.2) is 30.2 Å². The maximum atomic E-state index is 12.0. The maximum Gasteiger partial charge on any atom is 0.450 e. The van der Waals surface area contributed by atoms with Gasteiger partial charge in [-0.1, -0.05) is 12.1 Å². The van der Waals surface area contributed by atoms with Crippen molar-refractivity contribution in [1.82, 2.24) is 5.43 Å².